The van der Waals surface area contributed by atoms with Crippen molar-refractivity contribution < 1.29 is 0 Å². The summed E-state index contributed by atoms with van der Waals surface area (Å²) in [6, 6.07) is 51.1. The summed E-state index contributed by atoms with van der Waals surface area (Å²) in [4.78, 5) is 0. The summed E-state index contributed by atoms with van der Waals surface area (Å²) in [5.41, 5.74) is 5.23. The van der Waals surface area contributed by atoms with E-state index >= 15 is 0 Å². The SMILES string of the molecule is Clc1cccc2cc(-c3cccc4c3-c3ccccc3[Si]4(c3ccccc3)c3ccccc3)ccc12. The van der Waals surface area contributed by atoms with Gasteiger partial charge in [-0.15, -0.1) is 0 Å². The highest BCUT2D eigenvalue weighted by molar-refractivity contribution is 7.22. The third kappa shape index (κ3) is 3.00. The fourth-order valence-corrected chi connectivity index (χ4v) is 11.6. The lowest BCUT2D eigenvalue weighted by Crippen LogP contribution is -2.72. The first-order valence-electron chi connectivity index (χ1n) is 12.3. The van der Waals surface area contributed by atoms with Crippen molar-refractivity contribution in [3.8, 4) is 22.3 Å². The maximum atomic E-state index is 6.49. The Kier molecular flexibility index (Phi) is 4.95. The van der Waals surface area contributed by atoms with Gasteiger partial charge in [-0.05, 0) is 60.5 Å². The molecule has 0 unspecified atom stereocenters. The van der Waals surface area contributed by atoms with E-state index in [9.17, 15) is 0 Å². The lowest BCUT2D eigenvalue weighted by molar-refractivity contribution is 1.65. The summed E-state index contributed by atoms with van der Waals surface area (Å²) < 4.78 is 0. The van der Waals surface area contributed by atoms with Crippen LogP contribution in [0.25, 0.3) is 33.0 Å². The molecule has 0 fully saturated rings. The van der Waals surface area contributed by atoms with Gasteiger partial charge in [-0.3, -0.25) is 0 Å². The molecule has 0 atom stereocenters. The van der Waals surface area contributed by atoms with Crippen LogP contribution in [0.15, 0.2) is 140 Å². The van der Waals surface area contributed by atoms with E-state index in [1.165, 1.54) is 48.4 Å². The summed E-state index contributed by atoms with van der Waals surface area (Å²) in [7, 11) is -2.47. The zero-order chi connectivity index (χ0) is 24.1. The highest BCUT2D eigenvalue weighted by atomic mass is 35.5. The van der Waals surface area contributed by atoms with E-state index < -0.39 is 8.07 Å². The Labute approximate surface area is 217 Å². The van der Waals surface area contributed by atoms with Crippen LogP contribution >= 0.6 is 11.6 Å². The molecule has 0 amide bonds. The maximum absolute atomic E-state index is 6.49. The number of halogens is 1. The molecule has 0 saturated heterocycles. The first kappa shape index (κ1) is 21.4. The first-order valence-corrected chi connectivity index (χ1v) is 14.7. The molecule has 7 rings (SSSR count). The van der Waals surface area contributed by atoms with Crippen molar-refractivity contribution in [1.82, 2.24) is 0 Å². The summed E-state index contributed by atoms with van der Waals surface area (Å²) >= 11 is 6.49. The van der Waals surface area contributed by atoms with E-state index in [0.717, 1.165) is 10.4 Å². The summed E-state index contributed by atoms with van der Waals surface area (Å²) in [5.74, 6) is 0. The van der Waals surface area contributed by atoms with Crippen LogP contribution in [0.5, 0.6) is 0 Å². The van der Waals surface area contributed by atoms with E-state index in [2.05, 4.69) is 127 Å². The highest BCUT2D eigenvalue weighted by Gasteiger charge is 2.49. The van der Waals surface area contributed by atoms with Gasteiger partial charge in [-0.2, -0.15) is 0 Å². The molecule has 0 spiro atoms. The monoisotopic (exact) mass is 494 g/mol. The van der Waals surface area contributed by atoms with Crippen LogP contribution < -0.4 is 20.7 Å². The Morgan fingerprint density at radius 3 is 1.83 bits per heavy atom. The largest absolute Gasteiger partial charge is 0.180 e. The molecule has 6 aromatic carbocycles. The Morgan fingerprint density at radius 1 is 0.472 bits per heavy atom. The maximum Gasteiger partial charge on any atom is 0.180 e. The molecule has 6 aromatic rings. The van der Waals surface area contributed by atoms with Gasteiger partial charge in [0.25, 0.3) is 0 Å². The molecule has 0 N–H and O–H groups in total. The Bertz CT molecular complexity index is 1700. The van der Waals surface area contributed by atoms with E-state index in [1.54, 1.807) is 0 Å². The normalized spacial score (nSPS) is 13.4. The van der Waals surface area contributed by atoms with E-state index in [4.69, 9.17) is 11.6 Å². The molecule has 2 heteroatoms. The van der Waals surface area contributed by atoms with E-state index in [-0.39, 0.29) is 0 Å². The molecular formula is C34H23ClSi. The second kappa shape index (κ2) is 8.34. The average Bonchev–Trinajstić information content (AvgIpc) is 3.25. The highest BCUT2D eigenvalue weighted by Crippen LogP contribution is 2.38. The fraction of sp³-hybridized carbons (Fsp3) is 0. The predicted octanol–water partition coefficient (Wildman–Crippen LogP) is 6.52. The van der Waals surface area contributed by atoms with Crippen LogP contribution in [0, 0.1) is 0 Å². The van der Waals surface area contributed by atoms with Gasteiger partial charge < -0.3 is 0 Å². The minimum absolute atomic E-state index is 0.794. The van der Waals surface area contributed by atoms with Gasteiger partial charge in [0.1, 0.15) is 0 Å². The van der Waals surface area contributed by atoms with E-state index in [1.807, 2.05) is 12.1 Å². The van der Waals surface area contributed by atoms with Crippen LogP contribution in [0.1, 0.15) is 0 Å². The first-order chi connectivity index (χ1) is 17.8. The van der Waals surface area contributed by atoms with Crippen LogP contribution in [0.4, 0.5) is 0 Å². The number of hydrogen-bond acceptors (Lipinski definition) is 0. The van der Waals surface area contributed by atoms with Gasteiger partial charge in [0.15, 0.2) is 8.07 Å². The minimum atomic E-state index is -2.47. The van der Waals surface area contributed by atoms with Crippen molar-refractivity contribution in [2.75, 3.05) is 0 Å². The van der Waals surface area contributed by atoms with Crippen molar-refractivity contribution in [2.45, 2.75) is 0 Å². The van der Waals surface area contributed by atoms with E-state index in [0.29, 0.717) is 0 Å². The summed E-state index contributed by atoms with van der Waals surface area (Å²) in [6.07, 6.45) is 0. The van der Waals surface area contributed by atoms with Gasteiger partial charge in [-0.1, -0.05) is 139 Å². The van der Waals surface area contributed by atoms with Crippen molar-refractivity contribution in [3.05, 3.63) is 145 Å². The Balaban J connectivity index is 1.59. The van der Waals surface area contributed by atoms with Gasteiger partial charge in [0.2, 0.25) is 0 Å². The second-order valence-corrected chi connectivity index (χ2v) is 13.6. The summed E-state index contributed by atoms with van der Waals surface area (Å²) in [6.45, 7) is 0. The van der Waals surface area contributed by atoms with Crippen molar-refractivity contribution in [2.24, 2.45) is 0 Å². The number of rotatable bonds is 3. The molecule has 1 aliphatic heterocycles. The average molecular weight is 495 g/mol. The number of fused-ring (bicyclic) bond motifs is 4. The Morgan fingerprint density at radius 2 is 1.08 bits per heavy atom. The van der Waals surface area contributed by atoms with Crippen LogP contribution in [-0.2, 0) is 0 Å². The molecule has 0 nitrogen and oxygen atoms in total. The molecule has 170 valence electrons. The third-order valence-electron chi connectivity index (χ3n) is 7.62. The quantitative estimate of drug-likeness (QED) is 0.245. The number of benzene rings is 6. The topological polar surface area (TPSA) is 0 Å². The molecule has 0 aromatic heterocycles. The van der Waals surface area contributed by atoms with Crippen LogP contribution in [-0.4, -0.2) is 8.07 Å². The van der Waals surface area contributed by atoms with Gasteiger partial charge in [-0.25, -0.2) is 0 Å². The van der Waals surface area contributed by atoms with Gasteiger partial charge in [0.05, 0.1) is 0 Å². The fourth-order valence-electron chi connectivity index (χ4n) is 6.15. The standard InChI is InChI=1S/C34H23ClSi/c35-31-18-9-11-24-23-25(21-22-28(24)31)29-17-10-20-33-34(29)30-16-7-8-19-32(30)36(33,26-12-3-1-4-13-26)27-14-5-2-6-15-27/h1-23H. The minimum Gasteiger partial charge on any atom is -0.0837 e. The summed E-state index contributed by atoms with van der Waals surface area (Å²) in [5, 5.41) is 8.82. The van der Waals surface area contributed by atoms with Gasteiger partial charge >= 0.3 is 0 Å². The molecule has 0 aliphatic carbocycles. The number of hydrogen-bond donors (Lipinski definition) is 0. The zero-order valence-electron chi connectivity index (χ0n) is 19.7. The molecule has 36 heavy (non-hydrogen) atoms. The lowest BCUT2D eigenvalue weighted by atomic mass is 9.93. The smallest absolute Gasteiger partial charge is 0.0837 e. The van der Waals surface area contributed by atoms with Crippen LogP contribution in [0.3, 0.4) is 0 Å². The molecule has 0 saturated carbocycles. The zero-order valence-corrected chi connectivity index (χ0v) is 21.4. The third-order valence-corrected chi connectivity index (χ3v) is 12.8. The molecule has 1 aliphatic rings. The molecule has 0 radical (unpaired) electrons. The van der Waals surface area contributed by atoms with Crippen molar-refractivity contribution in [3.63, 3.8) is 0 Å². The lowest BCUT2D eigenvalue weighted by Gasteiger charge is -2.31. The van der Waals surface area contributed by atoms with Crippen molar-refractivity contribution in [1.29, 1.82) is 0 Å². The molecular weight excluding hydrogens is 472 g/mol. The van der Waals surface area contributed by atoms with Gasteiger partial charge in [0, 0.05) is 10.4 Å². The van der Waals surface area contributed by atoms with Crippen molar-refractivity contribution >= 4 is 51.2 Å². The predicted molar refractivity (Wildman–Crippen MR) is 157 cm³/mol. The van der Waals surface area contributed by atoms with Crippen LogP contribution in [0.2, 0.25) is 5.02 Å². The Hall–Kier alpha value is -3.91. The molecule has 1 heterocycles. The second-order valence-electron chi connectivity index (χ2n) is 9.43. The molecule has 0 bridgehead atoms.